The number of amides is 1. The van der Waals surface area contributed by atoms with Crippen molar-refractivity contribution in [1.82, 2.24) is 14.8 Å². The van der Waals surface area contributed by atoms with Gasteiger partial charge in [-0.15, -0.1) is 11.3 Å². The lowest BCUT2D eigenvalue weighted by molar-refractivity contribution is 0.102. The minimum Gasteiger partial charge on any atom is -0.322 e. The highest BCUT2D eigenvalue weighted by Gasteiger charge is 2.21. The van der Waals surface area contributed by atoms with Crippen molar-refractivity contribution < 1.29 is 13.2 Å². The number of sulfonamides is 1. The van der Waals surface area contributed by atoms with Crippen LogP contribution in [-0.4, -0.2) is 29.1 Å². The lowest BCUT2D eigenvalue weighted by Crippen LogP contribution is -2.17. The molecule has 0 aliphatic rings. The van der Waals surface area contributed by atoms with Crippen molar-refractivity contribution in [2.45, 2.75) is 25.7 Å². The van der Waals surface area contributed by atoms with Crippen LogP contribution in [0.3, 0.4) is 0 Å². The molecule has 0 fully saturated rings. The van der Waals surface area contributed by atoms with E-state index in [1.54, 1.807) is 24.7 Å². The van der Waals surface area contributed by atoms with Crippen molar-refractivity contribution >= 4 is 44.0 Å². The first-order valence-corrected chi connectivity index (χ1v) is 11.8. The Kier molecular flexibility index (Phi) is 5.16. The van der Waals surface area contributed by atoms with Crippen LogP contribution >= 0.6 is 11.3 Å². The molecule has 3 heterocycles. The largest absolute Gasteiger partial charge is 0.322 e. The summed E-state index contributed by atoms with van der Waals surface area (Å²) in [4.78, 5) is 19.0. The minimum atomic E-state index is -3.91. The maximum Gasteiger partial charge on any atom is 0.256 e. The van der Waals surface area contributed by atoms with Crippen LogP contribution in [0, 0.1) is 20.8 Å². The average molecular weight is 456 g/mol. The smallest absolute Gasteiger partial charge is 0.256 e. The van der Waals surface area contributed by atoms with E-state index in [4.69, 9.17) is 10.1 Å². The predicted molar refractivity (Wildman–Crippen MR) is 122 cm³/mol. The van der Waals surface area contributed by atoms with Crippen molar-refractivity contribution in [3.05, 3.63) is 58.1 Å². The number of carbonyl (C=O) groups is 1. The van der Waals surface area contributed by atoms with E-state index in [1.807, 2.05) is 31.4 Å². The highest BCUT2D eigenvalue weighted by Crippen LogP contribution is 2.30. The van der Waals surface area contributed by atoms with Crippen LogP contribution in [0.4, 0.5) is 5.69 Å². The first kappa shape index (κ1) is 21.2. The fourth-order valence-electron chi connectivity index (χ4n) is 3.48. The molecule has 3 aromatic heterocycles. The number of nitrogens with one attached hydrogen (secondary N) is 1. The molecule has 0 bridgehead atoms. The number of benzene rings is 1. The Morgan fingerprint density at radius 3 is 2.58 bits per heavy atom. The van der Waals surface area contributed by atoms with Crippen molar-refractivity contribution in [3.63, 3.8) is 0 Å². The number of aromatic nitrogens is 3. The molecule has 1 amide bonds. The Labute approximate surface area is 183 Å². The standard InChI is InChI=1S/C21H21N5O3S2/c1-11-8-14(31(22,28)29)9-16(12(11)2)24-21(27)15-10-17(18-6-5-7-30-18)23-20-19(15)13(3)25-26(20)4/h5-10H,1-4H3,(H,24,27)(H2,22,28,29). The molecule has 0 saturated carbocycles. The van der Waals surface area contributed by atoms with E-state index in [1.165, 1.54) is 23.5 Å². The predicted octanol–water partition coefficient (Wildman–Crippen LogP) is 3.52. The zero-order valence-electron chi connectivity index (χ0n) is 17.4. The van der Waals surface area contributed by atoms with Gasteiger partial charge >= 0.3 is 0 Å². The number of primary sulfonamides is 1. The van der Waals surface area contributed by atoms with Crippen molar-refractivity contribution in [2.75, 3.05) is 5.32 Å². The van der Waals surface area contributed by atoms with Crippen LogP contribution < -0.4 is 10.5 Å². The quantitative estimate of drug-likeness (QED) is 0.488. The van der Waals surface area contributed by atoms with Gasteiger partial charge < -0.3 is 5.32 Å². The summed E-state index contributed by atoms with van der Waals surface area (Å²) in [6, 6.07) is 8.47. The zero-order chi connectivity index (χ0) is 22.5. The maximum atomic E-state index is 13.4. The topological polar surface area (TPSA) is 120 Å². The van der Waals surface area contributed by atoms with Crippen LogP contribution in [0.1, 0.15) is 27.2 Å². The van der Waals surface area contributed by atoms with Gasteiger partial charge in [-0.1, -0.05) is 6.07 Å². The fraction of sp³-hybridized carbons (Fsp3) is 0.190. The summed E-state index contributed by atoms with van der Waals surface area (Å²) in [5, 5.41) is 15.2. The van der Waals surface area contributed by atoms with Crippen molar-refractivity contribution in [2.24, 2.45) is 12.2 Å². The molecule has 0 radical (unpaired) electrons. The van der Waals surface area contributed by atoms with E-state index in [-0.39, 0.29) is 10.8 Å². The van der Waals surface area contributed by atoms with E-state index in [0.29, 0.717) is 39.2 Å². The van der Waals surface area contributed by atoms with Gasteiger partial charge in [0, 0.05) is 12.7 Å². The molecule has 3 N–H and O–H groups in total. The summed E-state index contributed by atoms with van der Waals surface area (Å²) in [7, 11) is -2.13. The monoisotopic (exact) mass is 455 g/mol. The molecule has 4 aromatic rings. The summed E-state index contributed by atoms with van der Waals surface area (Å²) >= 11 is 1.53. The third-order valence-corrected chi connectivity index (χ3v) is 6.99. The van der Waals surface area contributed by atoms with Crippen LogP contribution in [0.5, 0.6) is 0 Å². The van der Waals surface area contributed by atoms with Crippen LogP contribution in [0.15, 0.2) is 40.6 Å². The normalized spacial score (nSPS) is 11.8. The molecule has 10 heteroatoms. The molecule has 8 nitrogen and oxygen atoms in total. The highest BCUT2D eigenvalue weighted by molar-refractivity contribution is 7.89. The lowest BCUT2D eigenvalue weighted by Gasteiger charge is -2.14. The molecule has 31 heavy (non-hydrogen) atoms. The first-order valence-electron chi connectivity index (χ1n) is 9.40. The van der Waals surface area contributed by atoms with Gasteiger partial charge in [0.2, 0.25) is 10.0 Å². The number of carbonyl (C=O) groups excluding carboxylic acids is 1. The van der Waals surface area contributed by atoms with Crippen LogP contribution in [0.25, 0.3) is 21.6 Å². The highest BCUT2D eigenvalue weighted by atomic mass is 32.2. The number of fused-ring (bicyclic) bond motifs is 1. The van der Waals surface area contributed by atoms with E-state index in [2.05, 4.69) is 10.4 Å². The minimum absolute atomic E-state index is 0.0531. The molecular weight excluding hydrogens is 434 g/mol. The van der Waals surface area contributed by atoms with Gasteiger partial charge in [0.1, 0.15) is 0 Å². The second kappa shape index (κ2) is 7.56. The number of nitrogens with zero attached hydrogens (tertiary/aromatic N) is 3. The van der Waals surface area contributed by atoms with Gasteiger partial charge in [-0.25, -0.2) is 18.5 Å². The SMILES string of the molecule is Cc1cc(S(N)(=O)=O)cc(NC(=O)c2cc(-c3cccs3)nc3c2c(C)nn3C)c1C. The van der Waals surface area contributed by atoms with Gasteiger partial charge in [0.05, 0.1) is 32.1 Å². The number of anilines is 1. The number of rotatable bonds is 4. The molecule has 0 spiro atoms. The summed E-state index contributed by atoms with van der Waals surface area (Å²) in [5.41, 5.74) is 4.21. The number of hydrogen-bond donors (Lipinski definition) is 2. The molecule has 0 saturated heterocycles. The Bertz CT molecular complexity index is 1440. The molecule has 0 unspecified atom stereocenters. The van der Waals surface area contributed by atoms with Crippen molar-refractivity contribution in [1.29, 1.82) is 0 Å². The van der Waals surface area contributed by atoms with Crippen LogP contribution in [0.2, 0.25) is 0 Å². The summed E-state index contributed by atoms with van der Waals surface area (Å²) in [6.45, 7) is 5.40. The Morgan fingerprint density at radius 2 is 1.94 bits per heavy atom. The molecular formula is C21H21N5O3S2. The fourth-order valence-corrected chi connectivity index (χ4v) is 4.79. The number of pyridine rings is 1. The second-order valence-corrected chi connectivity index (χ2v) is 9.86. The van der Waals surface area contributed by atoms with Gasteiger partial charge in [0.25, 0.3) is 5.91 Å². The van der Waals surface area contributed by atoms with Gasteiger partial charge in [-0.3, -0.25) is 9.48 Å². The third-order valence-electron chi connectivity index (χ3n) is 5.20. The molecule has 0 atom stereocenters. The van der Waals surface area contributed by atoms with Crippen LogP contribution in [-0.2, 0) is 17.1 Å². The summed E-state index contributed by atoms with van der Waals surface area (Å²) in [6.07, 6.45) is 0. The molecule has 160 valence electrons. The Balaban J connectivity index is 1.86. The Hall–Kier alpha value is -3.08. The number of nitrogens with two attached hydrogens (primary N) is 1. The molecule has 4 rings (SSSR count). The van der Waals surface area contributed by atoms with E-state index in [9.17, 15) is 13.2 Å². The molecule has 0 aliphatic heterocycles. The lowest BCUT2D eigenvalue weighted by atomic mass is 10.1. The Morgan fingerprint density at radius 1 is 1.19 bits per heavy atom. The summed E-state index contributed by atoms with van der Waals surface area (Å²) < 4.78 is 25.3. The van der Waals surface area contributed by atoms with E-state index >= 15 is 0 Å². The average Bonchev–Trinajstić information content (AvgIpc) is 3.32. The zero-order valence-corrected chi connectivity index (χ0v) is 19.1. The van der Waals surface area contributed by atoms with E-state index in [0.717, 1.165) is 10.4 Å². The third kappa shape index (κ3) is 3.85. The van der Waals surface area contributed by atoms with Gasteiger partial charge in [0.15, 0.2) is 5.65 Å². The number of aryl methyl sites for hydroxylation is 3. The van der Waals surface area contributed by atoms with Gasteiger partial charge in [-0.05, 0) is 61.5 Å². The van der Waals surface area contributed by atoms with E-state index < -0.39 is 10.0 Å². The maximum absolute atomic E-state index is 13.4. The van der Waals surface area contributed by atoms with Gasteiger partial charge in [-0.2, -0.15) is 5.10 Å². The number of thiophene rings is 1. The number of hydrogen-bond acceptors (Lipinski definition) is 6. The summed E-state index contributed by atoms with van der Waals surface area (Å²) in [5.74, 6) is -0.379. The van der Waals surface area contributed by atoms with Crippen molar-refractivity contribution in [3.8, 4) is 10.6 Å². The molecule has 0 aliphatic carbocycles. The first-order chi connectivity index (χ1) is 14.6. The second-order valence-electron chi connectivity index (χ2n) is 7.35. The molecule has 1 aromatic carbocycles.